The van der Waals surface area contributed by atoms with Crippen molar-refractivity contribution in [1.29, 1.82) is 0 Å². The lowest BCUT2D eigenvalue weighted by Gasteiger charge is -2.13. The normalized spacial score (nSPS) is 11.2. The van der Waals surface area contributed by atoms with Gasteiger partial charge in [-0.15, -0.1) is 0 Å². The number of aryl methyl sites for hydroxylation is 1. The predicted octanol–water partition coefficient (Wildman–Crippen LogP) is 2.86. The fraction of sp³-hybridized carbons (Fsp3) is 0.133. The molecule has 0 aliphatic carbocycles. The maximum atomic E-state index is 12.5. The molecule has 0 spiro atoms. The number of nitrogens with two attached hydrogens (primary N) is 1. The quantitative estimate of drug-likeness (QED) is 0.898. The summed E-state index contributed by atoms with van der Waals surface area (Å²) < 4.78 is 27.3. The van der Waals surface area contributed by atoms with Gasteiger partial charge in [-0.05, 0) is 49.2 Å². The van der Waals surface area contributed by atoms with Crippen LogP contribution >= 0.6 is 11.6 Å². The first-order valence-electron chi connectivity index (χ1n) is 6.41. The number of rotatable bonds is 4. The number of benzene rings is 2. The van der Waals surface area contributed by atoms with E-state index in [1.807, 2.05) is 6.92 Å². The summed E-state index contributed by atoms with van der Waals surface area (Å²) in [4.78, 5) is 11.3. The van der Waals surface area contributed by atoms with Gasteiger partial charge in [0.05, 0.1) is 10.7 Å². The molecule has 5 nitrogen and oxygen atoms in total. The first-order chi connectivity index (χ1) is 10.2. The molecule has 0 bridgehead atoms. The van der Waals surface area contributed by atoms with Crippen molar-refractivity contribution in [2.24, 2.45) is 5.73 Å². The Labute approximate surface area is 134 Å². The second-order valence-corrected chi connectivity index (χ2v) is 6.94. The summed E-state index contributed by atoms with van der Waals surface area (Å²) in [6, 6.07) is 9.32. The van der Waals surface area contributed by atoms with Crippen LogP contribution in [0.1, 0.15) is 21.5 Å². The molecule has 2 aromatic carbocycles. The third-order valence-corrected chi connectivity index (χ3v) is 5.07. The summed E-state index contributed by atoms with van der Waals surface area (Å²) in [5.41, 5.74) is 7.12. The Morgan fingerprint density at radius 3 is 2.45 bits per heavy atom. The van der Waals surface area contributed by atoms with E-state index in [0.717, 1.165) is 5.56 Å². The van der Waals surface area contributed by atoms with Crippen molar-refractivity contribution in [2.45, 2.75) is 18.7 Å². The average molecular weight is 339 g/mol. The Hall–Kier alpha value is -2.05. The topological polar surface area (TPSA) is 89.3 Å². The van der Waals surface area contributed by atoms with Gasteiger partial charge in [0.1, 0.15) is 4.90 Å². The molecule has 0 radical (unpaired) electrons. The summed E-state index contributed by atoms with van der Waals surface area (Å²) in [5, 5.41) is 0.135. The zero-order valence-electron chi connectivity index (χ0n) is 12.1. The number of anilines is 1. The molecule has 3 N–H and O–H groups in total. The van der Waals surface area contributed by atoms with Crippen molar-refractivity contribution in [1.82, 2.24) is 0 Å². The molecule has 0 saturated carbocycles. The lowest BCUT2D eigenvalue weighted by molar-refractivity contribution is 0.0999. The van der Waals surface area contributed by atoms with E-state index in [1.54, 1.807) is 31.2 Å². The van der Waals surface area contributed by atoms with Crippen LogP contribution < -0.4 is 10.5 Å². The van der Waals surface area contributed by atoms with Gasteiger partial charge >= 0.3 is 0 Å². The molecule has 2 aromatic rings. The third kappa shape index (κ3) is 3.23. The van der Waals surface area contributed by atoms with Crippen molar-refractivity contribution in [3.63, 3.8) is 0 Å². The molecule has 0 aliphatic heterocycles. The number of carbonyl (C=O) groups excluding carboxylic acids is 1. The highest BCUT2D eigenvalue weighted by Crippen LogP contribution is 2.27. The zero-order valence-corrected chi connectivity index (χ0v) is 13.6. The third-order valence-electron chi connectivity index (χ3n) is 3.22. The molecule has 22 heavy (non-hydrogen) atoms. The summed E-state index contributed by atoms with van der Waals surface area (Å²) in [6.07, 6.45) is 0. The van der Waals surface area contributed by atoms with Crippen molar-refractivity contribution >= 4 is 33.2 Å². The van der Waals surface area contributed by atoms with Gasteiger partial charge in [0.25, 0.3) is 10.0 Å². The van der Waals surface area contributed by atoms with Crippen LogP contribution in [0.5, 0.6) is 0 Å². The Morgan fingerprint density at radius 2 is 1.86 bits per heavy atom. The molecule has 7 heteroatoms. The monoisotopic (exact) mass is 338 g/mol. The summed E-state index contributed by atoms with van der Waals surface area (Å²) >= 11 is 6.01. The first kappa shape index (κ1) is 16.3. The SMILES string of the molecule is Cc1ccc(S(=O)(=O)Nc2cccc(C(N)=O)c2C)c(Cl)c1. The van der Waals surface area contributed by atoms with Crippen LogP contribution in [0.15, 0.2) is 41.3 Å². The molecule has 0 heterocycles. The summed E-state index contributed by atoms with van der Waals surface area (Å²) in [5.74, 6) is -0.619. The van der Waals surface area contributed by atoms with Crippen LogP contribution in [-0.2, 0) is 10.0 Å². The van der Waals surface area contributed by atoms with Crippen LogP contribution in [0, 0.1) is 13.8 Å². The Bertz CT molecular complexity index is 848. The van der Waals surface area contributed by atoms with Crippen LogP contribution in [0.2, 0.25) is 5.02 Å². The summed E-state index contributed by atoms with van der Waals surface area (Å²) in [7, 11) is -3.86. The van der Waals surface area contributed by atoms with Crippen LogP contribution in [0.4, 0.5) is 5.69 Å². The van der Waals surface area contributed by atoms with Gasteiger partial charge in [0.2, 0.25) is 5.91 Å². The molecule has 0 aromatic heterocycles. The van der Waals surface area contributed by atoms with E-state index in [4.69, 9.17) is 17.3 Å². The number of amides is 1. The van der Waals surface area contributed by atoms with E-state index in [2.05, 4.69) is 4.72 Å². The molecule has 0 aliphatic rings. The number of halogens is 1. The molecular formula is C15H15ClN2O3S. The molecule has 0 saturated heterocycles. The second-order valence-electron chi connectivity index (χ2n) is 4.88. The average Bonchev–Trinajstić information content (AvgIpc) is 2.40. The predicted molar refractivity (Wildman–Crippen MR) is 86.7 cm³/mol. The largest absolute Gasteiger partial charge is 0.366 e. The number of primary amides is 1. The number of hydrogen-bond donors (Lipinski definition) is 2. The highest BCUT2D eigenvalue weighted by atomic mass is 35.5. The maximum absolute atomic E-state index is 12.5. The van der Waals surface area contributed by atoms with Crippen LogP contribution in [0.25, 0.3) is 0 Å². The zero-order chi connectivity index (χ0) is 16.5. The lowest BCUT2D eigenvalue weighted by Crippen LogP contribution is -2.17. The lowest BCUT2D eigenvalue weighted by atomic mass is 10.1. The van der Waals surface area contributed by atoms with Gasteiger partial charge in [0, 0.05) is 5.56 Å². The van der Waals surface area contributed by atoms with Crippen molar-refractivity contribution < 1.29 is 13.2 Å². The molecule has 0 atom stereocenters. The van der Waals surface area contributed by atoms with E-state index in [0.29, 0.717) is 5.56 Å². The Kier molecular flexibility index (Phi) is 4.44. The minimum absolute atomic E-state index is 0.0244. The number of hydrogen-bond acceptors (Lipinski definition) is 3. The molecular weight excluding hydrogens is 324 g/mol. The minimum atomic E-state index is -3.86. The fourth-order valence-corrected chi connectivity index (χ4v) is 3.76. The number of nitrogens with one attached hydrogen (secondary N) is 1. The smallest absolute Gasteiger partial charge is 0.263 e. The van der Waals surface area contributed by atoms with E-state index in [9.17, 15) is 13.2 Å². The van der Waals surface area contributed by atoms with Crippen molar-refractivity contribution in [3.8, 4) is 0 Å². The van der Waals surface area contributed by atoms with E-state index >= 15 is 0 Å². The molecule has 1 amide bonds. The first-order valence-corrected chi connectivity index (χ1v) is 8.27. The van der Waals surface area contributed by atoms with Crippen molar-refractivity contribution in [2.75, 3.05) is 4.72 Å². The molecule has 0 fully saturated rings. The second kappa shape index (κ2) is 5.98. The fourth-order valence-electron chi connectivity index (χ4n) is 2.04. The van der Waals surface area contributed by atoms with Gasteiger partial charge in [-0.1, -0.05) is 23.7 Å². The van der Waals surface area contributed by atoms with E-state index in [1.165, 1.54) is 12.1 Å². The van der Waals surface area contributed by atoms with E-state index in [-0.39, 0.29) is 21.2 Å². The Morgan fingerprint density at radius 1 is 1.18 bits per heavy atom. The standard InChI is InChI=1S/C15H15ClN2O3S/c1-9-6-7-14(12(16)8-9)22(20,21)18-13-5-3-4-11(10(13)2)15(17)19/h3-8,18H,1-2H3,(H2,17,19). The minimum Gasteiger partial charge on any atom is -0.366 e. The van der Waals surface area contributed by atoms with Gasteiger partial charge < -0.3 is 5.73 Å². The van der Waals surface area contributed by atoms with Crippen LogP contribution in [0.3, 0.4) is 0 Å². The number of carbonyl (C=O) groups is 1. The highest BCUT2D eigenvalue weighted by Gasteiger charge is 2.20. The molecule has 2 rings (SSSR count). The van der Waals surface area contributed by atoms with Gasteiger partial charge in [-0.25, -0.2) is 8.42 Å². The van der Waals surface area contributed by atoms with E-state index < -0.39 is 15.9 Å². The van der Waals surface area contributed by atoms with Gasteiger partial charge in [-0.3, -0.25) is 9.52 Å². The van der Waals surface area contributed by atoms with Gasteiger partial charge in [0.15, 0.2) is 0 Å². The number of sulfonamides is 1. The highest BCUT2D eigenvalue weighted by molar-refractivity contribution is 7.92. The molecule has 0 unspecified atom stereocenters. The Balaban J connectivity index is 2.46. The maximum Gasteiger partial charge on any atom is 0.263 e. The molecule has 116 valence electrons. The van der Waals surface area contributed by atoms with Gasteiger partial charge in [-0.2, -0.15) is 0 Å². The van der Waals surface area contributed by atoms with Crippen molar-refractivity contribution in [3.05, 3.63) is 58.1 Å². The van der Waals surface area contributed by atoms with Crippen LogP contribution in [-0.4, -0.2) is 14.3 Å². The summed E-state index contributed by atoms with van der Waals surface area (Å²) in [6.45, 7) is 3.44.